The minimum atomic E-state index is -0.225. The van der Waals surface area contributed by atoms with Gasteiger partial charge in [0.05, 0.1) is 12.5 Å². The maximum Gasteiger partial charge on any atom is 0.295 e. The smallest absolute Gasteiger partial charge is 0.295 e. The van der Waals surface area contributed by atoms with E-state index in [0.29, 0.717) is 42.5 Å². The van der Waals surface area contributed by atoms with E-state index in [4.69, 9.17) is 4.98 Å². The lowest BCUT2D eigenvalue weighted by Crippen LogP contribution is -2.44. The van der Waals surface area contributed by atoms with Crippen LogP contribution < -0.4 is 15.8 Å². The van der Waals surface area contributed by atoms with Gasteiger partial charge in [-0.2, -0.15) is 0 Å². The molecule has 1 aliphatic rings. The van der Waals surface area contributed by atoms with Gasteiger partial charge in [-0.25, -0.2) is 9.97 Å². The Morgan fingerprint density at radius 1 is 1.06 bits per heavy atom. The van der Waals surface area contributed by atoms with E-state index in [-0.39, 0.29) is 17.4 Å². The van der Waals surface area contributed by atoms with Crippen molar-refractivity contribution in [3.8, 4) is 0 Å². The van der Waals surface area contributed by atoms with Crippen molar-refractivity contribution in [2.75, 3.05) is 23.3 Å². The molecule has 1 atom stereocenters. The van der Waals surface area contributed by atoms with E-state index in [1.54, 1.807) is 10.8 Å². The van der Waals surface area contributed by atoms with E-state index in [0.717, 1.165) is 24.1 Å². The van der Waals surface area contributed by atoms with Crippen LogP contribution in [0.25, 0.3) is 11.2 Å². The number of rotatable bonds is 6. The van der Waals surface area contributed by atoms with Crippen molar-refractivity contribution in [1.29, 1.82) is 0 Å². The molecule has 1 fully saturated rings. The van der Waals surface area contributed by atoms with Crippen LogP contribution in [0, 0.1) is 5.92 Å². The van der Waals surface area contributed by atoms with Crippen LogP contribution in [-0.2, 0) is 11.3 Å². The lowest BCUT2D eigenvalue weighted by Gasteiger charge is -2.32. The first-order valence-electron chi connectivity index (χ1n) is 12.5. The molecule has 1 N–H and O–H groups in total. The Kier molecular flexibility index (Phi) is 6.80. The molecule has 4 aromatic rings. The summed E-state index contributed by atoms with van der Waals surface area (Å²) in [5.41, 5.74) is 4.09. The van der Waals surface area contributed by atoms with Crippen molar-refractivity contribution in [3.63, 3.8) is 0 Å². The predicted molar refractivity (Wildman–Crippen MR) is 143 cm³/mol. The molecular formula is C29H31N5O2. The zero-order chi connectivity index (χ0) is 25.1. The maximum atomic E-state index is 13.7. The minimum absolute atomic E-state index is 0.0240. The highest BCUT2D eigenvalue weighted by Gasteiger charge is 2.29. The molecule has 1 aliphatic heterocycles. The molecule has 0 saturated carbocycles. The highest BCUT2D eigenvalue weighted by Crippen LogP contribution is 2.24. The Hall–Kier alpha value is -4.00. The molecule has 2 aromatic heterocycles. The van der Waals surface area contributed by atoms with E-state index in [9.17, 15) is 9.59 Å². The van der Waals surface area contributed by atoms with Crippen LogP contribution in [0.1, 0.15) is 43.7 Å². The van der Waals surface area contributed by atoms with Crippen molar-refractivity contribution in [3.05, 3.63) is 94.4 Å². The number of nitrogens with zero attached hydrogens (tertiary/aromatic N) is 4. The molecule has 7 heteroatoms. The summed E-state index contributed by atoms with van der Waals surface area (Å²) in [5, 5.41) is 3.06. The predicted octanol–water partition coefficient (Wildman–Crippen LogP) is 4.82. The first-order valence-corrected chi connectivity index (χ1v) is 12.5. The number of nitrogens with one attached hydrogen (secondary N) is 1. The van der Waals surface area contributed by atoms with Crippen molar-refractivity contribution >= 4 is 28.6 Å². The second-order valence-corrected chi connectivity index (χ2v) is 9.71. The van der Waals surface area contributed by atoms with Gasteiger partial charge in [-0.05, 0) is 54.2 Å². The summed E-state index contributed by atoms with van der Waals surface area (Å²) in [6, 6.07) is 21.6. The number of benzene rings is 2. The fourth-order valence-corrected chi connectivity index (χ4v) is 4.76. The largest absolute Gasteiger partial charge is 0.351 e. The molecule has 0 spiro atoms. The van der Waals surface area contributed by atoms with Gasteiger partial charge >= 0.3 is 0 Å². The molecule has 36 heavy (non-hydrogen) atoms. The Bertz CT molecular complexity index is 1410. The lowest BCUT2D eigenvalue weighted by atomic mass is 9.97. The van der Waals surface area contributed by atoms with Crippen LogP contribution in [0.2, 0.25) is 0 Å². The average Bonchev–Trinajstić information content (AvgIpc) is 2.91. The molecule has 184 valence electrons. The number of hydrogen-bond acceptors (Lipinski definition) is 5. The van der Waals surface area contributed by atoms with Gasteiger partial charge in [-0.3, -0.25) is 14.2 Å². The Morgan fingerprint density at radius 2 is 1.83 bits per heavy atom. The fourth-order valence-electron chi connectivity index (χ4n) is 4.76. The zero-order valence-electron chi connectivity index (χ0n) is 20.7. The standard InChI is InChI=1S/C29H31N5O2/c1-20(2)22-12-14-24(15-13-22)31-28(35)23-10-7-17-33(19-23)27-29(36)34(18-21-8-4-3-5-9-21)26-25(32-27)11-6-16-30-26/h3-6,8-9,11-16,20,23H,7,10,17-19H2,1-2H3,(H,31,35). The molecule has 3 heterocycles. The summed E-state index contributed by atoms with van der Waals surface area (Å²) in [6.07, 6.45) is 3.27. The van der Waals surface area contributed by atoms with Crippen LogP contribution >= 0.6 is 0 Å². The fraction of sp³-hybridized carbons (Fsp3) is 0.310. The number of carbonyl (C=O) groups is 1. The van der Waals surface area contributed by atoms with Gasteiger partial charge in [0.1, 0.15) is 5.52 Å². The number of amides is 1. The number of aromatic nitrogens is 3. The summed E-state index contributed by atoms with van der Waals surface area (Å²) in [4.78, 5) is 37.9. The summed E-state index contributed by atoms with van der Waals surface area (Å²) in [6.45, 7) is 5.85. The van der Waals surface area contributed by atoms with Crippen molar-refractivity contribution in [1.82, 2.24) is 14.5 Å². The number of carbonyl (C=O) groups excluding carboxylic acids is 1. The normalized spacial score (nSPS) is 15.9. The summed E-state index contributed by atoms with van der Waals surface area (Å²) < 4.78 is 1.69. The van der Waals surface area contributed by atoms with Gasteiger partial charge in [0.15, 0.2) is 11.5 Å². The molecule has 0 radical (unpaired) electrons. The molecule has 5 rings (SSSR count). The van der Waals surface area contributed by atoms with Gasteiger partial charge in [0, 0.05) is 25.0 Å². The molecule has 1 saturated heterocycles. The molecule has 1 amide bonds. The molecule has 0 aliphatic carbocycles. The Balaban J connectivity index is 1.40. The van der Waals surface area contributed by atoms with Crippen LogP contribution in [0.5, 0.6) is 0 Å². The third-order valence-corrected chi connectivity index (χ3v) is 6.80. The third-order valence-electron chi connectivity index (χ3n) is 6.80. The van der Waals surface area contributed by atoms with Crippen LogP contribution in [-0.4, -0.2) is 33.5 Å². The molecule has 1 unspecified atom stereocenters. The Morgan fingerprint density at radius 3 is 2.58 bits per heavy atom. The summed E-state index contributed by atoms with van der Waals surface area (Å²) >= 11 is 0. The van der Waals surface area contributed by atoms with Crippen molar-refractivity contribution in [2.45, 2.75) is 39.2 Å². The number of hydrogen-bond donors (Lipinski definition) is 1. The van der Waals surface area contributed by atoms with Crippen LogP contribution in [0.4, 0.5) is 11.5 Å². The second kappa shape index (κ2) is 10.3. The van der Waals surface area contributed by atoms with E-state index in [1.807, 2.05) is 59.5 Å². The highest BCUT2D eigenvalue weighted by molar-refractivity contribution is 5.93. The van der Waals surface area contributed by atoms with Crippen LogP contribution in [0.15, 0.2) is 77.7 Å². The first-order chi connectivity index (χ1) is 17.5. The van der Waals surface area contributed by atoms with Gasteiger partial charge < -0.3 is 10.2 Å². The van der Waals surface area contributed by atoms with Gasteiger partial charge in [0.2, 0.25) is 5.91 Å². The molecular weight excluding hydrogens is 450 g/mol. The third kappa shape index (κ3) is 5.00. The van der Waals surface area contributed by atoms with Crippen molar-refractivity contribution < 1.29 is 4.79 Å². The summed E-state index contributed by atoms with van der Waals surface area (Å²) in [5.74, 6) is 0.573. The maximum absolute atomic E-state index is 13.7. The van der Waals surface area contributed by atoms with Gasteiger partial charge in [0.25, 0.3) is 5.56 Å². The van der Waals surface area contributed by atoms with E-state index >= 15 is 0 Å². The molecule has 2 aromatic carbocycles. The van der Waals surface area contributed by atoms with Crippen molar-refractivity contribution in [2.24, 2.45) is 5.92 Å². The Labute approximate surface area is 210 Å². The average molecular weight is 482 g/mol. The monoisotopic (exact) mass is 481 g/mol. The van der Waals surface area contributed by atoms with Gasteiger partial charge in [-0.1, -0.05) is 56.3 Å². The number of fused-ring (bicyclic) bond motifs is 1. The lowest BCUT2D eigenvalue weighted by molar-refractivity contribution is -0.120. The minimum Gasteiger partial charge on any atom is -0.351 e. The van der Waals surface area contributed by atoms with E-state index in [1.165, 1.54) is 5.56 Å². The highest BCUT2D eigenvalue weighted by atomic mass is 16.2. The topological polar surface area (TPSA) is 80.1 Å². The van der Waals surface area contributed by atoms with Crippen LogP contribution in [0.3, 0.4) is 0 Å². The molecule has 7 nitrogen and oxygen atoms in total. The number of pyridine rings is 1. The molecule has 0 bridgehead atoms. The number of piperidine rings is 1. The first kappa shape index (κ1) is 23.7. The zero-order valence-corrected chi connectivity index (χ0v) is 20.7. The summed E-state index contributed by atoms with van der Waals surface area (Å²) in [7, 11) is 0. The SMILES string of the molecule is CC(C)c1ccc(NC(=O)C2CCCN(c3nc4cccnc4n(Cc4ccccc4)c3=O)C2)cc1. The van der Waals surface area contributed by atoms with Gasteiger partial charge in [-0.15, -0.1) is 0 Å². The van der Waals surface area contributed by atoms with E-state index in [2.05, 4.69) is 36.3 Å². The quantitative estimate of drug-likeness (QED) is 0.427. The second-order valence-electron chi connectivity index (χ2n) is 9.71. The van der Waals surface area contributed by atoms with E-state index < -0.39 is 0 Å². The number of anilines is 2.